The average Bonchev–Trinajstić information content (AvgIpc) is 2.48. The first-order valence-corrected chi connectivity index (χ1v) is 6.79. The average molecular weight is 271 g/mol. The van der Waals surface area contributed by atoms with Crippen molar-refractivity contribution in [2.45, 2.75) is 13.0 Å². The molecule has 1 unspecified atom stereocenters. The fraction of sp³-hybridized carbons (Fsp3) is 0.294. The second-order valence-electron chi connectivity index (χ2n) is 4.71. The van der Waals surface area contributed by atoms with Crippen LogP contribution in [0.25, 0.3) is 11.1 Å². The summed E-state index contributed by atoms with van der Waals surface area (Å²) in [7, 11) is 1.67. The van der Waals surface area contributed by atoms with Gasteiger partial charge < -0.3 is 15.2 Å². The molecule has 3 heteroatoms. The minimum Gasteiger partial charge on any atom is -0.491 e. The number of benzene rings is 2. The van der Waals surface area contributed by atoms with Gasteiger partial charge in [-0.25, -0.2) is 0 Å². The Hall–Kier alpha value is -1.84. The number of rotatable bonds is 6. The summed E-state index contributed by atoms with van der Waals surface area (Å²) in [4.78, 5) is 0. The lowest BCUT2D eigenvalue weighted by Crippen LogP contribution is -2.08. The molecule has 2 aromatic rings. The minimum absolute atomic E-state index is 0.0155. The number of methoxy groups -OCH3 is 1. The molecule has 0 saturated heterocycles. The Morgan fingerprint density at radius 1 is 0.950 bits per heavy atom. The Kier molecular flexibility index (Phi) is 5.16. The maximum Gasteiger partial charge on any atom is 0.127 e. The fourth-order valence-electron chi connectivity index (χ4n) is 2.19. The van der Waals surface area contributed by atoms with Gasteiger partial charge in [-0.3, -0.25) is 0 Å². The molecule has 1 atom stereocenters. The summed E-state index contributed by atoms with van der Waals surface area (Å²) in [5.41, 5.74) is 9.37. The van der Waals surface area contributed by atoms with Gasteiger partial charge in [0.05, 0.1) is 6.61 Å². The molecule has 0 saturated carbocycles. The van der Waals surface area contributed by atoms with Crippen LogP contribution in [-0.2, 0) is 4.74 Å². The van der Waals surface area contributed by atoms with Crippen LogP contribution in [0.4, 0.5) is 0 Å². The lowest BCUT2D eigenvalue weighted by molar-refractivity contribution is 0.146. The topological polar surface area (TPSA) is 44.5 Å². The third kappa shape index (κ3) is 3.38. The molecule has 0 radical (unpaired) electrons. The second kappa shape index (κ2) is 7.08. The van der Waals surface area contributed by atoms with Gasteiger partial charge in [-0.15, -0.1) is 0 Å². The summed E-state index contributed by atoms with van der Waals surface area (Å²) >= 11 is 0. The maximum absolute atomic E-state index is 6.06. The van der Waals surface area contributed by atoms with Crippen LogP contribution in [0.1, 0.15) is 18.5 Å². The van der Waals surface area contributed by atoms with E-state index in [1.165, 1.54) is 0 Å². The molecular weight excluding hydrogens is 250 g/mol. The van der Waals surface area contributed by atoms with Gasteiger partial charge in [0.15, 0.2) is 0 Å². The summed E-state index contributed by atoms with van der Waals surface area (Å²) in [5.74, 6) is 0.859. The summed E-state index contributed by atoms with van der Waals surface area (Å²) in [6.07, 6.45) is 0. The van der Waals surface area contributed by atoms with Gasteiger partial charge in [0.2, 0.25) is 0 Å². The van der Waals surface area contributed by atoms with Crippen molar-refractivity contribution < 1.29 is 9.47 Å². The molecule has 106 valence electrons. The van der Waals surface area contributed by atoms with Crippen LogP contribution in [0.3, 0.4) is 0 Å². The molecule has 2 aromatic carbocycles. The molecule has 0 bridgehead atoms. The van der Waals surface area contributed by atoms with Gasteiger partial charge >= 0.3 is 0 Å². The number of nitrogens with two attached hydrogens (primary N) is 1. The van der Waals surface area contributed by atoms with Gasteiger partial charge in [0, 0.05) is 18.7 Å². The maximum atomic E-state index is 6.06. The third-order valence-corrected chi connectivity index (χ3v) is 3.17. The van der Waals surface area contributed by atoms with Crippen molar-refractivity contribution in [2.24, 2.45) is 5.73 Å². The first kappa shape index (κ1) is 14.6. The molecule has 20 heavy (non-hydrogen) atoms. The van der Waals surface area contributed by atoms with Gasteiger partial charge in [-0.05, 0) is 24.1 Å². The standard InChI is InChI=1S/C17H21NO2/c1-13(18)14-7-3-4-8-15(14)16-9-5-6-10-17(16)20-12-11-19-2/h3-10,13H,11-12,18H2,1-2H3. The van der Waals surface area contributed by atoms with E-state index in [1.807, 2.05) is 37.3 Å². The zero-order valence-electron chi connectivity index (χ0n) is 12.0. The Morgan fingerprint density at radius 2 is 1.60 bits per heavy atom. The molecule has 0 fully saturated rings. The number of hydrogen-bond donors (Lipinski definition) is 1. The van der Waals surface area contributed by atoms with Crippen molar-refractivity contribution in [2.75, 3.05) is 20.3 Å². The van der Waals surface area contributed by atoms with Gasteiger partial charge in [-0.1, -0.05) is 42.5 Å². The van der Waals surface area contributed by atoms with Crippen molar-refractivity contribution in [3.8, 4) is 16.9 Å². The molecule has 0 spiro atoms. The van der Waals surface area contributed by atoms with E-state index in [-0.39, 0.29) is 6.04 Å². The molecule has 0 aromatic heterocycles. The zero-order valence-corrected chi connectivity index (χ0v) is 12.0. The normalized spacial score (nSPS) is 12.2. The van der Waals surface area contributed by atoms with Crippen molar-refractivity contribution >= 4 is 0 Å². The first-order valence-electron chi connectivity index (χ1n) is 6.79. The van der Waals surface area contributed by atoms with E-state index in [4.69, 9.17) is 15.2 Å². The van der Waals surface area contributed by atoms with E-state index >= 15 is 0 Å². The minimum atomic E-state index is -0.0155. The quantitative estimate of drug-likeness (QED) is 0.819. The van der Waals surface area contributed by atoms with E-state index in [0.717, 1.165) is 22.4 Å². The van der Waals surface area contributed by atoms with E-state index in [9.17, 15) is 0 Å². The molecule has 0 aliphatic rings. The smallest absolute Gasteiger partial charge is 0.127 e. The summed E-state index contributed by atoms with van der Waals surface area (Å²) in [6, 6.07) is 16.2. The third-order valence-electron chi connectivity index (χ3n) is 3.17. The van der Waals surface area contributed by atoms with Crippen LogP contribution in [0.15, 0.2) is 48.5 Å². The van der Waals surface area contributed by atoms with E-state index in [2.05, 4.69) is 18.2 Å². The number of para-hydroxylation sites is 1. The fourth-order valence-corrected chi connectivity index (χ4v) is 2.19. The highest BCUT2D eigenvalue weighted by Gasteiger charge is 2.12. The lowest BCUT2D eigenvalue weighted by atomic mass is 9.95. The number of ether oxygens (including phenoxy) is 2. The van der Waals surface area contributed by atoms with Gasteiger partial charge in [0.1, 0.15) is 12.4 Å². The molecule has 0 aliphatic heterocycles. The van der Waals surface area contributed by atoms with Crippen molar-refractivity contribution in [1.29, 1.82) is 0 Å². The van der Waals surface area contributed by atoms with Crippen LogP contribution in [0.2, 0.25) is 0 Å². The van der Waals surface area contributed by atoms with Crippen LogP contribution in [0.5, 0.6) is 5.75 Å². The zero-order chi connectivity index (χ0) is 14.4. The molecule has 3 nitrogen and oxygen atoms in total. The first-order chi connectivity index (χ1) is 9.74. The molecular formula is C17H21NO2. The Balaban J connectivity index is 2.37. The van der Waals surface area contributed by atoms with E-state index in [0.29, 0.717) is 13.2 Å². The highest BCUT2D eigenvalue weighted by Crippen LogP contribution is 2.34. The van der Waals surface area contributed by atoms with E-state index < -0.39 is 0 Å². The predicted octanol–water partition coefficient (Wildman–Crippen LogP) is 3.40. The summed E-state index contributed by atoms with van der Waals surface area (Å²) in [5, 5.41) is 0. The SMILES string of the molecule is COCCOc1ccccc1-c1ccccc1C(C)N. The summed E-state index contributed by atoms with van der Waals surface area (Å²) < 4.78 is 10.8. The van der Waals surface area contributed by atoms with Crippen LogP contribution in [-0.4, -0.2) is 20.3 Å². The molecule has 2 rings (SSSR count). The van der Waals surface area contributed by atoms with Gasteiger partial charge in [-0.2, -0.15) is 0 Å². The Bertz CT molecular complexity index is 552. The Labute approximate surface area is 120 Å². The lowest BCUT2D eigenvalue weighted by Gasteiger charge is -2.16. The molecule has 0 amide bonds. The van der Waals surface area contributed by atoms with E-state index in [1.54, 1.807) is 7.11 Å². The van der Waals surface area contributed by atoms with Crippen LogP contribution < -0.4 is 10.5 Å². The summed E-state index contributed by atoms with van der Waals surface area (Å²) in [6.45, 7) is 3.10. The highest BCUT2D eigenvalue weighted by molar-refractivity contribution is 5.73. The largest absolute Gasteiger partial charge is 0.491 e. The molecule has 0 aliphatic carbocycles. The number of hydrogen-bond acceptors (Lipinski definition) is 3. The highest BCUT2D eigenvalue weighted by atomic mass is 16.5. The van der Waals surface area contributed by atoms with Crippen LogP contribution >= 0.6 is 0 Å². The van der Waals surface area contributed by atoms with Crippen molar-refractivity contribution in [1.82, 2.24) is 0 Å². The van der Waals surface area contributed by atoms with Crippen molar-refractivity contribution in [3.05, 3.63) is 54.1 Å². The Morgan fingerprint density at radius 3 is 2.30 bits per heavy atom. The second-order valence-corrected chi connectivity index (χ2v) is 4.71. The van der Waals surface area contributed by atoms with Gasteiger partial charge in [0.25, 0.3) is 0 Å². The molecule has 0 heterocycles. The van der Waals surface area contributed by atoms with Crippen molar-refractivity contribution in [3.63, 3.8) is 0 Å². The monoisotopic (exact) mass is 271 g/mol. The van der Waals surface area contributed by atoms with Crippen LogP contribution in [0, 0.1) is 0 Å². The predicted molar refractivity (Wildman–Crippen MR) is 81.9 cm³/mol. The molecule has 2 N–H and O–H groups in total.